The number of carbonyl (C=O) groups is 1. The summed E-state index contributed by atoms with van der Waals surface area (Å²) in [5.74, 6) is -0.175. The molecule has 0 radical (unpaired) electrons. The number of likely N-dealkylation sites (tertiary alicyclic amines) is 1. The third kappa shape index (κ3) is 3.11. The van der Waals surface area contributed by atoms with Crippen molar-refractivity contribution in [3.63, 3.8) is 0 Å². The van der Waals surface area contributed by atoms with Crippen molar-refractivity contribution < 1.29 is 13.6 Å². The van der Waals surface area contributed by atoms with Crippen LogP contribution in [0.2, 0.25) is 0 Å². The van der Waals surface area contributed by atoms with Gasteiger partial charge in [0.2, 0.25) is 0 Å². The van der Waals surface area contributed by atoms with Gasteiger partial charge < -0.3 is 14.8 Å². The minimum atomic E-state index is -3.67. The lowest BCUT2D eigenvalue weighted by atomic mass is 9.89. The standard InChI is InChI=1S/C18H20N4O3S/c23-17(15-7-3-4-10-19-15)22-11-5-9-18(13-22)12-20-14-6-1-2-8-16(14)26(24,25)21-18/h1-4,6-8,10H,5,9,11-13H2,(H2-,20,21,24,25). The fourth-order valence-electron chi connectivity index (χ4n) is 3.67. The van der Waals surface area contributed by atoms with Crippen molar-refractivity contribution in [1.82, 2.24) is 14.6 Å². The van der Waals surface area contributed by atoms with E-state index in [1.807, 2.05) is 0 Å². The van der Waals surface area contributed by atoms with Gasteiger partial charge in [-0.1, -0.05) is 22.4 Å². The van der Waals surface area contributed by atoms with Crippen LogP contribution in [0.15, 0.2) is 53.6 Å². The number of sulfonamides is 1. The highest BCUT2D eigenvalue weighted by molar-refractivity contribution is 7.96. The van der Waals surface area contributed by atoms with Crippen LogP contribution >= 0.6 is 0 Å². The molecule has 136 valence electrons. The molecule has 8 heteroatoms. The predicted molar refractivity (Wildman–Crippen MR) is 97.3 cm³/mol. The third-order valence-electron chi connectivity index (χ3n) is 4.89. The first kappa shape index (κ1) is 17.1. The minimum Gasteiger partial charge on any atom is -0.593 e. The Balaban J connectivity index is 1.61. The highest BCUT2D eigenvalue weighted by atomic mass is 32.3. The summed E-state index contributed by atoms with van der Waals surface area (Å²) in [6.45, 7) is 1.32. The van der Waals surface area contributed by atoms with Gasteiger partial charge in [0.1, 0.15) is 5.69 Å². The van der Waals surface area contributed by atoms with Crippen LogP contribution in [-0.2, 0) is 14.6 Å². The largest absolute Gasteiger partial charge is 0.593 e. The van der Waals surface area contributed by atoms with Crippen LogP contribution in [0.3, 0.4) is 0 Å². The van der Waals surface area contributed by atoms with Crippen molar-refractivity contribution in [3.05, 3.63) is 54.4 Å². The van der Waals surface area contributed by atoms with Crippen LogP contribution in [0.25, 0.3) is 0 Å². The van der Waals surface area contributed by atoms with E-state index in [0.29, 0.717) is 37.4 Å². The summed E-state index contributed by atoms with van der Waals surface area (Å²) in [6.07, 6.45) is 2.97. The van der Waals surface area contributed by atoms with Gasteiger partial charge >= 0.3 is 0 Å². The number of nitrogens with one attached hydrogen (secondary N) is 2. The van der Waals surface area contributed by atoms with E-state index in [2.05, 4.69) is 15.0 Å². The average molecular weight is 372 g/mol. The summed E-state index contributed by atoms with van der Waals surface area (Å²) < 4.78 is 28.6. The molecule has 1 saturated heterocycles. The zero-order valence-electron chi connectivity index (χ0n) is 14.2. The Labute approximate surface area is 153 Å². The Kier molecular flexibility index (Phi) is 4.26. The fourth-order valence-corrected chi connectivity index (χ4v) is 5.28. The molecule has 2 aliphatic heterocycles. The van der Waals surface area contributed by atoms with Crippen LogP contribution in [0.4, 0.5) is 5.69 Å². The molecule has 0 bridgehead atoms. The lowest BCUT2D eigenvalue weighted by Gasteiger charge is -2.41. The van der Waals surface area contributed by atoms with E-state index in [1.54, 1.807) is 53.6 Å². The van der Waals surface area contributed by atoms with Crippen molar-refractivity contribution in [3.8, 4) is 0 Å². The number of aromatic nitrogens is 1. The molecule has 0 aliphatic carbocycles. The number of piperidine rings is 1. The van der Waals surface area contributed by atoms with Crippen molar-refractivity contribution in [1.29, 1.82) is 0 Å². The molecule has 2 atom stereocenters. The van der Waals surface area contributed by atoms with Crippen molar-refractivity contribution >= 4 is 22.0 Å². The second-order valence-corrected chi connectivity index (χ2v) is 8.43. The third-order valence-corrected chi connectivity index (χ3v) is 6.53. The molecule has 2 aromatic rings. The van der Waals surface area contributed by atoms with Gasteiger partial charge in [-0.05, 0) is 37.1 Å². The number of pyridine rings is 1. The smallest absolute Gasteiger partial charge is 0.272 e. The van der Waals surface area contributed by atoms with Crippen LogP contribution in [0, 0.1) is 0 Å². The second kappa shape index (κ2) is 6.46. The van der Waals surface area contributed by atoms with Gasteiger partial charge in [0, 0.05) is 25.8 Å². The second-order valence-electron chi connectivity index (χ2n) is 6.78. The molecule has 26 heavy (non-hydrogen) atoms. The number of fused-ring (bicyclic) bond motifs is 1. The van der Waals surface area contributed by atoms with Crippen molar-refractivity contribution in [2.45, 2.75) is 23.3 Å². The molecule has 7 nitrogen and oxygen atoms in total. The number of hydrogen-bond acceptors (Lipinski definition) is 5. The number of rotatable bonds is 1. The number of anilines is 1. The Hall–Kier alpha value is -2.29. The van der Waals surface area contributed by atoms with Gasteiger partial charge in [-0.2, -0.15) is 0 Å². The number of para-hydroxylation sites is 1. The van der Waals surface area contributed by atoms with Gasteiger partial charge in [-0.15, -0.1) is 4.72 Å². The first-order valence-electron chi connectivity index (χ1n) is 8.56. The Bertz CT molecular complexity index is 876. The first-order chi connectivity index (χ1) is 12.5. The quantitative estimate of drug-likeness (QED) is 0.742. The van der Waals surface area contributed by atoms with E-state index < -0.39 is 15.9 Å². The SMILES string of the molecule is O=C(c1ccccn1)N1CCCC2(CNc3ccccc3[S+](=O)([O-])N2)C1. The molecular formula is C18H20N4O3S. The van der Waals surface area contributed by atoms with E-state index >= 15 is 0 Å². The van der Waals surface area contributed by atoms with E-state index in [0.717, 1.165) is 6.42 Å². The van der Waals surface area contributed by atoms with E-state index in [9.17, 15) is 13.6 Å². The topological polar surface area (TPSA) is 97.4 Å². The number of benzene rings is 1. The molecule has 1 spiro atoms. The van der Waals surface area contributed by atoms with Gasteiger partial charge in [0.15, 0.2) is 15.3 Å². The fraction of sp³-hybridized carbons (Fsp3) is 0.333. The molecule has 1 aromatic carbocycles. The summed E-state index contributed by atoms with van der Waals surface area (Å²) in [7, 11) is -3.67. The summed E-state index contributed by atoms with van der Waals surface area (Å²) >= 11 is 0. The zero-order chi connectivity index (χ0) is 18.2. The van der Waals surface area contributed by atoms with E-state index in [4.69, 9.17) is 0 Å². The highest BCUT2D eigenvalue weighted by Crippen LogP contribution is 2.33. The molecule has 0 saturated carbocycles. The van der Waals surface area contributed by atoms with Gasteiger partial charge in [-0.3, -0.25) is 9.78 Å². The molecule has 4 rings (SSSR count). The maximum atomic E-state index is 12.8. The van der Waals surface area contributed by atoms with Crippen LogP contribution in [0.5, 0.6) is 0 Å². The normalized spacial score (nSPS) is 28.1. The number of hydrogen-bond donors (Lipinski definition) is 2. The predicted octanol–water partition coefficient (Wildman–Crippen LogP) is 1.68. The summed E-state index contributed by atoms with van der Waals surface area (Å²) in [4.78, 5) is 18.8. The van der Waals surface area contributed by atoms with E-state index in [1.165, 1.54) is 0 Å². The molecule has 1 fully saturated rings. The maximum Gasteiger partial charge on any atom is 0.272 e. The van der Waals surface area contributed by atoms with Crippen molar-refractivity contribution in [2.75, 3.05) is 25.0 Å². The molecule has 2 unspecified atom stereocenters. The van der Waals surface area contributed by atoms with Crippen LogP contribution < -0.4 is 10.0 Å². The summed E-state index contributed by atoms with van der Waals surface area (Å²) in [5.41, 5.74) is 0.225. The zero-order valence-corrected chi connectivity index (χ0v) is 15.0. The molecule has 2 N–H and O–H groups in total. The lowest BCUT2D eigenvalue weighted by molar-refractivity contribution is 0.0630. The molecule has 2 aliphatic rings. The Morgan fingerprint density at radius 3 is 2.85 bits per heavy atom. The molecule has 3 heterocycles. The Morgan fingerprint density at radius 1 is 1.23 bits per heavy atom. The minimum absolute atomic E-state index is 0.175. The number of amides is 1. The average Bonchev–Trinajstić information content (AvgIpc) is 2.76. The van der Waals surface area contributed by atoms with Crippen LogP contribution in [-0.4, -0.2) is 45.5 Å². The van der Waals surface area contributed by atoms with Gasteiger partial charge in [0.25, 0.3) is 5.91 Å². The van der Waals surface area contributed by atoms with Crippen LogP contribution in [0.1, 0.15) is 23.3 Å². The monoisotopic (exact) mass is 372 g/mol. The first-order valence-corrected chi connectivity index (χ1v) is 10.0. The number of nitrogens with zero attached hydrogens (tertiary/aromatic N) is 2. The molecular weight excluding hydrogens is 352 g/mol. The number of carbonyl (C=O) groups excluding carboxylic acids is 1. The Morgan fingerprint density at radius 2 is 2.04 bits per heavy atom. The molecule has 1 aromatic heterocycles. The van der Waals surface area contributed by atoms with Gasteiger partial charge in [-0.25, -0.2) is 0 Å². The summed E-state index contributed by atoms with van der Waals surface area (Å²) in [6, 6.07) is 12.1. The summed E-state index contributed by atoms with van der Waals surface area (Å²) in [5, 5.41) is 3.25. The van der Waals surface area contributed by atoms with E-state index in [-0.39, 0.29) is 10.8 Å². The lowest BCUT2D eigenvalue weighted by Crippen LogP contribution is -2.63. The van der Waals surface area contributed by atoms with Gasteiger partial charge in [0.05, 0.1) is 11.2 Å². The molecule has 1 amide bonds. The maximum absolute atomic E-state index is 12.8. The highest BCUT2D eigenvalue weighted by Gasteiger charge is 2.46. The van der Waals surface area contributed by atoms with Crippen molar-refractivity contribution in [2.24, 2.45) is 0 Å².